The second kappa shape index (κ2) is 15.9. The molecule has 1 heterocycles. The van der Waals surface area contributed by atoms with Gasteiger partial charge in [-0.25, -0.2) is 5.48 Å². The van der Waals surface area contributed by atoms with Gasteiger partial charge in [-0.1, -0.05) is 72.8 Å². The molecule has 2 amide bonds. The highest BCUT2D eigenvalue weighted by Crippen LogP contribution is 2.39. The maximum atomic E-state index is 12.4. The number of hydroxylamine groups is 1. The Kier molecular flexibility index (Phi) is 11.5. The number of likely N-dealkylation sites (N-methyl/N-ethyl adjacent to an activating group) is 1. The van der Waals surface area contributed by atoms with Crippen molar-refractivity contribution in [1.29, 1.82) is 0 Å². The lowest BCUT2D eigenvalue weighted by atomic mass is 9.98. The molecular weight excluding hydrogens is 582 g/mol. The van der Waals surface area contributed by atoms with Crippen LogP contribution in [0.2, 0.25) is 0 Å². The lowest BCUT2D eigenvalue weighted by molar-refractivity contribution is -0.253. The molecule has 1 fully saturated rings. The monoisotopic (exact) mass is 625 g/mol. The molecule has 5 rings (SSSR count). The summed E-state index contributed by atoms with van der Waals surface area (Å²) in [5.74, 6) is -0.599. The van der Waals surface area contributed by atoms with Crippen LogP contribution in [-0.4, -0.2) is 46.7 Å². The summed E-state index contributed by atoms with van der Waals surface area (Å²) in [5.41, 5.74) is 6.23. The Morgan fingerprint density at radius 3 is 2.24 bits per heavy atom. The minimum absolute atomic E-state index is 0.0125. The predicted molar refractivity (Wildman–Crippen MR) is 177 cm³/mol. The van der Waals surface area contributed by atoms with E-state index in [-0.39, 0.29) is 43.6 Å². The lowest BCUT2D eigenvalue weighted by Gasteiger charge is -2.39. The minimum Gasteiger partial charge on any atom is -0.392 e. The number of benzene rings is 4. The normalized spacial score (nSPS) is 18.8. The summed E-state index contributed by atoms with van der Waals surface area (Å²) in [4.78, 5) is 25.9. The van der Waals surface area contributed by atoms with E-state index in [1.54, 1.807) is 5.48 Å². The highest BCUT2D eigenvalue weighted by molar-refractivity contribution is 5.90. The molecule has 4 N–H and O–H groups in total. The number of hydrogen-bond donors (Lipinski definition) is 4. The summed E-state index contributed by atoms with van der Waals surface area (Å²) in [6.45, 7) is 2.90. The number of rotatable bonds is 13. The molecule has 1 saturated heterocycles. The van der Waals surface area contributed by atoms with Gasteiger partial charge >= 0.3 is 0 Å². The number of fused-ring (bicyclic) bond motifs is 1. The van der Waals surface area contributed by atoms with E-state index in [2.05, 4.69) is 66.7 Å². The summed E-state index contributed by atoms with van der Waals surface area (Å²) < 4.78 is 13.1. The average Bonchev–Trinajstić information content (AvgIpc) is 3.09. The number of unbranched alkanes of at least 4 members (excludes halogenated alkanes) is 1. The first-order valence-electron chi connectivity index (χ1n) is 15.8. The van der Waals surface area contributed by atoms with Gasteiger partial charge in [-0.15, -0.1) is 0 Å². The number of hydrogen-bond acceptors (Lipinski definition) is 7. The Labute approximate surface area is 270 Å². The number of amides is 2. The van der Waals surface area contributed by atoms with Crippen LogP contribution in [0.1, 0.15) is 79.7 Å². The fourth-order valence-corrected chi connectivity index (χ4v) is 5.81. The van der Waals surface area contributed by atoms with E-state index >= 15 is 0 Å². The van der Waals surface area contributed by atoms with Gasteiger partial charge in [-0.3, -0.25) is 19.7 Å². The van der Waals surface area contributed by atoms with Crippen molar-refractivity contribution < 1.29 is 29.4 Å². The van der Waals surface area contributed by atoms with E-state index in [1.165, 1.54) is 16.3 Å². The number of anilines is 1. The Bertz CT molecular complexity index is 1590. The third-order valence-corrected chi connectivity index (χ3v) is 8.67. The summed E-state index contributed by atoms with van der Waals surface area (Å²) in [6.07, 6.45) is 1.26. The molecule has 9 heteroatoms. The minimum atomic E-state index is -0.604. The van der Waals surface area contributed by atoms with E-state index in [9.17, 15) is 14.7 Å². The number of carbonyl (C=O) groups excluding carboxylic acids is 2. The molecule has 4 aromatic carbocycles. The molecule has 4 atom stereocenters. The molecule has 4 aromatic rings. The number of ether oxygens (including phenoxy) is 2. The Hall–Kier alpha value is -4.12. The average molecular weight is 626 g/mol. The van der Waals surface area contributed by atoms with E-state index in [1.807, 2.05) is 48.5 Å². The fraction of sp³-hybridized carbons (Fsp3) is 0.351. The molecular formula is C37H43N3O6. The highest BCUT2D eigenvalue weighted by Gasteiger charge is 2.33. The number of nitrogens with zero attached hydrogens (tertiary/aromatic N) is 1. The number of nitrogens with one attached hydrogen (secondary N) is 2. The topological polar surface area (TPSA) is 120 Å². The number of carbonyl (C=O) groups is 2. The third-order valence-electron chi connectivity index (χ3n) is 8.67. The van der Waals surface area contributed by atoms with Crippen LogP contribution < -0.4 is 10.8 Å². The van der Waals surface area contributed by atoms with Crippen molar-refractivity contribution in [3.8, 4) is 0 Å². The molecule has 1 aliphatic heterocycles. The molecule has 9 nitrogen and oxygen atoms in total. The molecule has 242 valence electrons. The molecule has 1 aliphatic rings. The van der Waals surface area contributed by atoms with Crippen molar-refractivity contribution in [2.24, 2.45) is 0 Å². The van der Waals surface area contributed by atoms with Crippen molar-refractivity contribution in [2.45, 2.75) is 70.2 Å². The summed E-state index contributed by atoms with van der Waals surface area (Å²) >= 11 is 0. The molecule has 4 unspecified atom stereocenters. The molecule has 46 heavy (non-hydrogen) atoms. The van der Waals surface area contributed by atoms with Gasteiger partial charge in [0.2, 0.25) is 11.8 Å². The molecule has 0 spiro atoms. The fourth-order valence-electron chi connectivity index (χ4n) is 5.81. The van der Waals surface area contributed by atoms with E-state index in [0.29, 0.717) is 31.5 Å². The zero-order valence-electron chi connectivity index (χ0n) is 26.4. The van der Waals surface area contributed by atoms with Crippen molar-refractivity contribution in [1.82, 2.24) is 10.4 Å². The van der Waals surface area contributed by atoms with Crippen LogP contribution in [0.5, 0.6) is 0 Å². The van der Waals surface area contributed by atoms with Gasteiger partial charge in [0.25, 0.3) is 0 Å². The third kappa shape index (κ3) is 8.78. The largest absolute Gasteiger partial charge is 0.392 e. The number of aliphatic hydroxyl groups excluding tert-OH is 1. The summed E-state index contributed by atoms with van der Waals surface area (Å²) in [6, 6.07) is 30.5. The van der Waals surface area contributed by atoms with Crippen molar-refractivity contribution in [3.05, 3.63) is 113 Å². The second-order valence-electron chi connectivity index (χ2n) is 12.0. The summed E-state index contributed by atoms with van der Waals surface area (Å²) in [5, 5.41) is 23.5. The smallest absolute Gasteiger partial charge is 0.243 e. The van der Waals surface area contributed by atoms with Gasteiger partial charge in [0.05, 0.1) is 18.8 Å². The van der Waals surface area contributed by atoms with Gasteiger partial charge < -0.3 is 19.9 Å². The Balaban J connectivity index is 1.26. The molecule has 0 aromatic heterocycles. The number of aliphatic hydroxyl groups is 1. The van der Waals surface area contributed by atoms with Crippen molar-refractivity contribution >= 4 is 28.3 Å². The van der Waals surface area contributed by atoms with E-state index in [4.69, 9.17) is 14.7 Å². The van der Waals surface area contributed by atoms with Crippen LogP contribution >= 0.6 is 0 Å². The molecule has 0 aliphatic carbocycles. The van der Waals surface area contributed by atoms with Gasteiger partial charge in [0.15, 0.2) is 6.29 Å². The Morgan fingerprint density at radius 1 is 0.870 bits per heavy atom. The Morgan fingerprint density at radius 2 is 1.54 bits per heavy atom. The van der Waals surface area contributed by atoms with Gasteiger partial charge in [0.1, 0.15) is 0 Å². The van der Waals surface area contributed by atoms with Crippen LogP contribution in [0, 0.1) is 0 Å². The standard InChI is InChI=1S/C37H43N3O6/c1-25(30-16-15-27-7-3-4-8-31(27)21-30)40(2)23-33-22-34(28-13-11-26(24-41)12-14-28)46-37(45-33)29-17-19-32(20-18-29)38-35(42)9-5-6-10-36(43)39-44/h3-4,7-8,11-21,25,33-34,37,41,44H,5-6,9-10,22-24H2,1-2H3,(H,38,42)(H,39,43). The summed E-state index contributed by atoms with van der Waals surface area (Å²) in [7, 11) is 2.12. The van der Waals surface area contributed by atoms with Crippen molar-refractivity contribution in [2.75, 3.05) is 18.9 Å². The van der Waals surface area contributed by atoms with Crippen LogP contribution in [-0.2, 0) is 25.7 Å². The first-order chi connectivity index (χ1) is 22.3. The van der Waals surface area contributed by atoms with Crippen molar-refractivity contribution in [3.63, 3.8) is 0 Å². The first-order valence-corrected chi connectivity index (χ1v) is 15.8. The lowest BCUT2D eigenvalue weighted by Crippen LogP contribution is -2.38. The van der Waals surface area contributed by atoms with E-state index in [0.717, 1.165) is 16.7 Å². The SMILES string of the molecule is CC(c1ccc2ccccc2c1)N(C)CC1CC(c2ccc(CO)cc2)OC(c2ccc(NC(=O)CCCCC(=O)NO)cc2)O1. The maximum absolute atomic E-state index is 12.4. The van der Waals surface area contributed by atoms with Gasteiger partial charge in [-0.2, -0.15) is 0 Å². The second-order valence-corrected chi connectivity index (χ2v) is 12.0. The first kappa shape index (κ1) is 33.2. The van der Waals surface area contributed by atoms with Crippen LogP contribution in [0.15, 0.2) is 91.0 Å². The van der Waals surface area contributed by atoms with E-state index < -0.39 is 12.2 Å². The predicted octanol–water partition coefficient (Wildman–Crippen LogP) is 6.57. The van der Waals surface area contributed by atoms with Crippen LogP contribution in [0.4, 0.5) is 5.69 Å². The molecule has 0 radical (unpaired) electrons. The van der Waals surface area contributed by atoms with Crippen LogP contribution in [0.3, 0.4) is 0 Å². The highest BCUT2D eigenvalue weighted by atomic mass is 16.7. The quantitative estimate of drug-likeness (QED) is 0.0753. The maximum Gasteiger partial charge on any atom is 0.243 e. The van der Waals surface area contributed by atoms with Gasteiger partial charge in [0, 0.05) is 43.1 Å². The van der Waals surface area contributed by atoms with Crippen LogP contribution in [0.25, 0.3) is 10.8 Å². The molecule has 0 saturated carbocycles. The molecule has 0 bridgehead atoms. The zero-order chi connectivity index (χ0) is 32.5. The van der Waals surface area contributed by atoms with Gasteiger partial charge in [-0.05, 0) is 72.5 Å². The zero-order valence-corrected chi connectivity index (χ0v) is 26.4.